The van der Waals surface area contributed by atoms with Crippen molar-refractivity contribution in [1.29, 1.82) is 0 Å². The van der Waals surface area contributed by atoms with Gasteiger partial charge in [-0.2, -0.15) is 0 Å². The maximum atomic E-state index is 5.42. The van der Waals surface area contributed by atoms with E-state index in [4.69, 9.17) is 4.74 Å². The van der Waals surface area contributed by atoms with Gasteiger partial charge in [-0.1, -0.05) is 12.1 Å². The third-order valence-electron chi connectivity index (χ3n) is 3.11. The Balaban J connectivity index is 1.69. The minimum absolute atomic E-state index is 0.723. The highest BCUT2D eigenvalue weighted by Gasteiger charge is 2.07. The summed E-state index contributed by atoms with van der Waals surface area (Å²) in [6, 6.07) is 8.31. The number of rotatable bonds is 6. The average molecular weight is 249 g/mol. The van der Waals surface area contributed by atoms with Crippen LogP contribution in [0.1, 0.15) is 12.5 Å². The van der Waals surface area contributed by atoms with Gasteiger partial charge >= 0.3 is 0 Å². The molecule has 0 radical (unpaired) electrons. The van der Waals surface area contributed by atoms with Crippen molar-refractivity contribution in [3.63, 3.8) is 0 Å². The van der Waals surface area contributed by atoms with Gasteiger partial charge in [0.05, 0.1) is 6.61 Å². The lowest BCUT2D eigenvalue weighted by molar-refractivity contribution is 0.223. The number of benzene rings is 1. The molecule has 0 unspecified atom stereocenters. The summed E-state index contributed by atoms with van der Waals surface area (Å²) in [5, 5.41) is 6.84. The lowest BCUT2D eigenvalue weighted by Crippen LogP contribution is -2.46. The maximum Gasteiger partial charge on any atom is 0.119 e. The fourth-order valence-corrected chi connectivity index (χ4v) is 2.10. The molecular formula is C14H23N3O. The molecule has 0 aliphatic carbocycles. The molecule has 0 spiro atoms. The van der Waals surface area contributed by atoms with Gasteiger partial charge in [-0.3, -0.25) is 4.90 Å². The molecule has 2 rings (SSSR count). The Morgan fingerprint density at radius 2 is 1.94 bits per heavy atom. The van der Waals surface area contributed by atoms with E-state index in [9.17, 15) is 0 Å². The van der Waals surface area contributed by atoms with Crippen LogP contribution in [0, 0.1) is 0 Å². The number of piperazine rings is 1. The smallest absolute Gasteiger partial charge is 0.119 e. The zero-order valence-electron chi connectivity index (χ0n) is 11.1. The zero-order chi connectivity index (χ0) is 12.6. The predicted molar refractivity (Wildman–Crippen MR) is 73.8 cm³/mol. The van der Waals surface area contributed by atoms with E-state index in [2.05, 4.69) is 27.7 Å². The van der Waals surface area contributed by atoms with E-state index in [1.807, 2.05) is 19.1 Å². The van der Waals surface area contributed by atoms with E-state index < -0.39 is 0 Å². The molecule has 1 saturated heterocycles. The first-order valence-corrected chi connectivity index (χ1v) is 6.74. The van der Waals surface area contributed by atoms with Crippen LogP contribution in [0.4, 0.5) is 0 Å². The Morgan fingerprint density at radius 1 is 1.22 bits per heavy atom. The highest BCUT2D eigenvalue weighted by molar-refractivity contribution is 5.27. The summed E-state index contributed by atoms with van der Waals surface area (Å²) >= 11 is 0. The van der Waals surface area contributed by atoms with Crippen LogP contribution in [-0.2, 0) is 6.54 Å². The van der Waals surface area contributed by atoms with Crippen LogP contribution >= 0.6 is 0 Å². The zero-order valence-corrected chi connectivity index (χ0v) is 11.1. The van der Waals surface area contributed by atoms with Crippen LogP contribution in [0.15, 0.2) is 24.3 Å². The highest BCUT2D eigenvalue weighted by atomic mass is 16.5. The minimum atomic E-state index is 0.723. The van der Waals surface area contributed by atoms with Crippen LogP contribution in [0.2, 0.25) is 0 Å². The Kier molecular flexibility index (Phi) is 5.45. The molecule has 0 saturated carbocycles. The predicted octanol–water partition coefficient (Wildman–Crippen LogP) is 1.04. The highest BCUT2D eigenvalue weighted by Crippen LogP contribution is 2.11. The second-order valence-corrected chi connectivity index (χ2v) is 4.53. The lowest BCUT2D eigenvalue weighted by Gasteiger charge is -2.27. The molecule has 4 nitrogen and oxygen atoms in total. The van der Waals surface area contributed by atoms with Crippen LogP contribution in [-0.4, -0.2) is 44.4 Å². The van der Waals surface area contributed by atoms with Crippen molar-refractivity contribution in [2.24, 2.45) is 0 Å². The molecule has 1 heterocycles. The van der Waals surface area contributed by atoms with Crippen molar-refractivity contribution in [2.75, 3.05) is 39.5 Å². The second kappa shape index (κ2) is 7.36. The van der Waals surface area contributed by atoms with Gasteiger partial charge in [-0.05, 0) is 24.6 Å². The van der Waals surface area contributed by atoms with Crippen LogP contribution in [0.25, 0.3) is 0 Å². The molecule has 1 aliphatic heterocycles. The van der Waals surface area contributed by atoms with Gasteiger partial charge < -0.3 is 15.4 Å². The first kappa shape index (κ1) is 13.3. The summed E-state index contributed by atoms with van der Waals surface area (Å²) in [6.45, 7) is 9.08. The molecule has 0 bridgehead atoms. The standard InChI is InChI=1S/C14H23N3O/c1-2-18-14-5-3-13(4-6-14)11-16-12-17-9-7-15-8-10-17/h3-6,15-16H,2,7-12H2,1H3. The number of nitrogens with zero attached hydrogens (tertiary/aromatic N) is 1. The molecule has 2 N–H and O–H groups in total. The van der Waals surface area contributed by atoms with Gasteiger partial charge in [0.2, 0.25) is 0 Å². The molecule has 1 aliphatic rings. The molecule has 1 fully saturated rings. The van der Waals surface area contributed by atoms with E-state index in [0.717, 1.165) is 51.7 Å². The lowest BCUT2D eigenvalue weighted by atomic mass is 10.2. The molecular weight excluding hydrogens is 226 g/mol. The van der Waals surface area contributed by atoms with Gasteiger partial charge in [-0.15, -0.1) is 0 Å². The average Bonchev–Trinajstić information content (AvgIpc) is 2.42. The molecule has 4 heteroatoms. The first-order chi connectivity index (χ1) is 8.88. The summed E-state index contributed by atoms with van der Waals surface area (Å²) in [7, 11) is 0. The summed E-state index contributed by atoms with van der Waals surface area (Å²) in [5.41, 5.74) is 1.30. The quantitative estimate of drug-likeness (QED) is 0.790. The van der Waals surface area contributed by atoms with Gasteiger partial charge in [0.1, 0.15) is 5.75 Å². The van der Waals surface area contributed by atoms with Crippen molar-refractivity contribution in [2.45, 2.75) is 13.5 Å². The SMILES string of the molecule is CCOc1ccc(CNCN2CCNCC2)cc1. The third kappa shape index (κ3) is 4.29. The van der Waals surface area contributed by atoms with E-state index in [1.54, 1.807) is 0 Å². The van der Waals surface area contributed by atoms with E-state index in [1.165, 1.54) is 5.56 Å². The minimum Gasteiger partial charge on any atom is -0.494 e. The van der Waals surface area contributed by atoms with E-state index in [0.29, 0.717) is 0 Å². The van der Waals surface area contributed by atoms with Gasteiger partial charge in [0, 0.05) is 39.4 Å². The molecule has 0 amide bonds. The van der Waals surface area contributed by atoms with Gasteiger partial charge in [0.25, 0.3) is 0 Å². The van der Waals surface area contributed by atoms with Crippen LogP contribution in [0.5, 0.6) is 5.75 Å². The third-order valence-corrected chi connectivity index (χ3v) is 3.11. The fraction of sp³-hybridized carbons (Fsp3) is 0.571. The molecule has 0 atom stereocenters. The summed E-state index contributed by atoms with van der Waals surface area (Å²) in [5.74, 6) is 0.948. The molecule has 0 aromatic heterocycles. The largest absolute Gasteiger partial charge is 0.494 e. The van der Waals surface area contributed by atoms with E-state index >= 15 is 0 Å². The topological polar surface area (TPSA) is 36.5 Å². The van der Waals surface area contributed by atoms with E-state index in [-0.39, 0.29) is 0 Å². The van der Waals surface area contributed by atoms with Crippen molar-refractivity contribution in [3.8, 4) is 5.75 Å². The molecule has 18 heavy (non-hydrogen) atoms. The van der Waals surface area contributed by atoms with Crippen molar-refractivity contribution in [1.82, 2.24) is 15.5 Å². The summed E-state index contributed by atoms with van der Waals surface area (Å²) in [6.07, 6.45) is 0. The number of ether oxygens (including phenoxy) is 1. The van der Waals surface area contributed by atoms with Gasteiger partial charge in [0.15, 0.2) is 0 Å². The fourth-order valence-electron chi connectivity index (χ4n) is 2.10. The Labute approximate surface area is 109 Å². The number of hydrogen-bond acceptors (Lipinski definition) is 4. The first-order valence-electron chi connectivity index (χ1n) is 6.74. The Bertz CT molecular complexity index is 333. The Morgan fingerprint density at radius 3 is 2.61 bits per heavy atom. The molecule has 1 aromatic carbocycles. The van der Waals surface area contributed by atoms with Crippen LogP contribution < -0.4 is 15.4 Å². The number of nitrogens with one attached hydrogen (secondary N) is 2. The molecule has 100 valence electrons. The summed E-state index contributed by atoms with van der Waals surface area (Å²) < 4.78 is 5.42. The van der Waals surface area contributed by atoms with Gasteiger partial charge in [-0.25, -0.2) is 0 Å². The number of hydrogen-bond donors (Lipinski definition) is 2. The van der Waals surface area contributed by atoms with Crippen molar-refractivity contribution < 1.29 is 4.74 Å². The maximum absolute atomic E-state index is 5.42. The van der Waals surface area contributed by atoms with Crippen molar-refractivity contribution >= 4 is 0 Å². The summed E-state index contributed by atoms with van der Waals surface area (Å²) in [4.78, 5) is 2.44. The molecule has 1 aromatic rings. The normalized spacial score (nSPS) is 16.7. The van der Waals surface area contributed by atoms with Crippen LogP contribution in [0.3, 0.4) is 0 Å². The Hall–Kier alpha value is -1.10. The van der Waals surface area contributed by atoms with Crippen molar-refractivity contribution in [3.05, 3.63) is 29.8 Å². The second-order valence-electron chi connectivity index (χ2n) is 4.53. The monoisotopic (exact) mass is 249 g/mol.